The minimum Gasteiger partial charge on any atom is -0.462 e. The molecule has 3 aromatic rings. The Labute approximate surface area is 147 Å². The van der Waals surface area contributed by atoms with E-state index in [1.165, 1.54) is 35.2 Å². The number of halogens is 1. The van der Waals surface area contributed by atoms with Crippen LogP contribution in [0.3, 0.4) is 0 Å². The summed E-state index contributed by atoms with van der Waals surface area (Å²) in [5.74, 6) is -0.185. The van der Waals surface area contributed by atoms with Crippen molar-refractivity contribution in [3.8, 4) is 0 Å². The van der Waals surface area contributed by atoms with Crippen LogP contribution in [-0.2, 0) is 9.53 Å². The van der Waals surface area contributed by atoms with Crippen LogP contribution >= 0.6 is 23.1 Å². The van der Waals surface area contributed by atoms with Crippen LogP contribution in [0.4, 0.5) is 4.39 Å². The Morgan fingerprint density at radius 1 is 1.21 bits per heavy atom. The number of benzene rings is 2. The molecule has 0 aliphatic rings. The zero-order chi connectivity index (χ0) is 16.8. The summed E-state index contributed by atoms with van der Waals surface area (Å²) in [5.41, 5.74) is 0.914. The van der Waals surface area contributed by atoms with Gasteiger partial charge in [-0.05, 0) is 30.3 Å². The molecule has 0 saturated heterocycles. The average Bonchev–Trinajstić information content (AvgIpc) is 3.01. The molecule has 0 fully saturated rings. The van der Waals surface area contributed by atoms with Crippen LogP contribution in [0.1, 0.15) is 5.01 Å². The molecule has 0 atom stereocenters. The Hall–Kier alpha value is -2.18. The van der Waals surface area contributed by atoms with Gasteiger partial charge in [0, 0.05) is 16.7 Å². The molecule has 3 rings (SSSR count). The first-order valence-electron chi connectivity index (χ1n) is 7.30. The zero-order valence-corrected chi connectivity index (χ0v) is 14.3. The van der Waals surface area contributed by atoms with Gasteiger partial charge in [-0.1, -0.05) is 24.3 Å². The molecule has 2 aromatic carbocycles. The summed E-state index contributed by atoms with van der Waals surface area (Å²) in [6.45, 7) is 0.224. The molecule has 0 N–H and O–H groups in total. The molecule has 0 spiro atoms. The van der Waals surface area contributed by atoms with Crippen molar-refractivity contribution in [2.45, 2.75) is 4.90 Å². The zero-order valence-electron chi connectivity index (χ0n) is 12.6. The summed E-state index contributed by atoms with van der Waals surface area (Å²) in [6.07, 6.45) is 3.02. The maximum absolute atomic E-state index is 13.4. The highest BCUT2D eigenvalue weighted by Gasteiger charge is 2.03. The summed E-state index contributed by atoms with van der Waals surface area (Å²) in [7, 11) is 0. The van der Waals surface area contributed by atoms with Crippen LogP contribution in [-0.4, -0.2) is 23.3 Å². The Bertz CT molecular complexity index is 843. The summed E-state index contributed by atoms with van der Waals surface area (Å²) in [6, 6.07) is 14.3. The van der Waals surface area contributed by atoms with Crippen molar-refractivity contribution in [1.29, 1.82) is 0 Å². The van der Waals surface area contributed by atoms with Crippen molar-refractivity contribution in [3.63, 3.8) is 0 Å². The Morgan fingerprint density at radius 3 is 2.83 bits per heavy atom. The van der Waals surface area contributed by atoms with E-state index in [0.717, 1.165) is 15.2 Å². The van der Waals surface area contributed by atoms with Gasteiger partial charge >= 0.3 is 5.97 Å². The number of thioether (sulfide) groups is 1. The smallest absolute Gasteiger partial charge is 0.330 e. The molecule has 0 unspecified atom stereocenters. The number of aromatic nitrogens is 1. The number of carbonyl (C=O) groups is 1. The van der Waals surface area contributed by atoms with E-state index in [9.17, 15) is 9.18 Å². The van der Waals surface area contributed by atoms with Gasteiger partial charge in [0.25, 0.3) is 0 Å². The summed E-state index contributed by atoms with van der Waals surface area (Å²) in [4.78, 5) is 16.7. The molecule has 0 aliphatic heterocycles. The molecule has 0 amide bonds. The lowest BCUT2D eigenvalue weighted by Crippen LogP contribution is -2.04. The fraction of sp³-hybridized carbons (Fsp3) is 0.111. The van der Waals surface area contributed by atoms with Gasteiger partial charge in [0.05, 0.1) is 10.2 Å². The Balaban J connectivity index is 1.46. The van der Waals surface area contributed by atoms with E-state index in [4.69, 9.17) is 4.74 Å². The Kier molecular flexibility index (Phi) is 5.61. The van der Waals surface area contributed by atoms with Gasteiger partial charge in [-0.3, -0.25) is 0 Å². The van der Waals surface area contributed by atoms with Crippen LogP contribution in [0.15, 0.2) is 59.5 Å². The van der Waals surface area contributed by atoms with Crippen molar-refractivity contribution >= 4 is 45.4 Å². The van der Waals surface area contributed by atoms with E-state index < -0.39 is 5.97 Å². The van der Waals surface area contributed by atoms with Crippen LogP contribution in [0.25, 0.3) is 16.3 Å². The molecule has 0 aliphatic carbocycles. The van der Waals surface area contributed by atoms with E-state index >= 15 is 0 Å². The maximum Gasteiger partial charge on any atom is 0.330 e. The lowest BCUT2D eigenvalue weighted by atomic mass is 10.3. The lowest BCUT2D eigenvalue weighted by Gasteiger charge is -2.03. The highest BCUT2D eigenvalue weighted by Crippen LogP contribution is 2.22. The van der Waals surface area contributed by atoms with Crippen molar-refractivity contribution in [2.75, 3.05) is 12.4 Å². The first-order valence-corrected chi connectivity index (χ1v) is 9.10. The summed E-state index contributed by atoms with van der Waals surface area (Å²) in [5, 5.41) is 0.758. The second-order valence-electron chi connectivity index (χ2n) is 4.80. The summed E-state index contributed by atoms with van der Waals surface area (Å²) < 4.78 is 19.6. The number of thiazole rings is 1. The molecule has 24 heavy (non-hydrogen) atoms. The van der Waals surface area contributed by atoms with E-state index in [-0.39, 0.29) is 12.4 Å². The third-order valence-corrected chi connectivity index (χ3v) is 5.11. The fourth-order valence-corrected chi connectivity index (χ4v) is 3.64. The molecule has 0 bridgehead atoms. The Morgan fingerprint density at radius 2 is 2.00 bits per heavy atom. The minimum atomic E-state index is -0.427. The van der Waals surface area contributed by atoms with Crippen molar-refractivity contribution in [2.24, 2.45) is 0 Å². The number of ether oxygens (including phenoxy) is 1. The molecule has 6 heteroatoms. The number of rotatable bonds is 6. The second kappa shape index (κ2) is 8.08. The van der Waals surface area contributed by atoms with E-state index in [0.29, 0.717) is 10.6 Å². The number of hydrogen-bond donors (Lipinski definition) is 0. The normalized spacial score (nSPS) is 11.2. The topological polar surface area (TPSA) is 39.2 Å². The predicted octanol–water partition coefficient (Wildman–Crippen LogP) is 4.78. The van der Waals surface area contributed by atoms with E-state index in [2.05, 4.69) is 4.98 Å². The number of para-hydroxylation sites is 1. The predicted molar refractivity (Wildman–Crippen MR) is 96.7 cm³/mol. The largest absolute Gasteiger partial charge is 0.462 e. The quantitative estimate of drug-likeness (QED) is 0.275. The van der Waals surface area contributed by atoms with E-state index in [1.807, 2.05) is 24.3 Å². The highest BCUT2D eigenvalue weighted by atomic mass is 32.2. The number of fused-ring (bicyclic) bond motifs is 1. The van der Waals surface area contributed by atoms with Crippen LogP contribution in [0, 0.1) is 5.82 Å². The van der Waals surface area contributed by atoms with Crippen molar-refractivity contribution in [3.05, 3.63) is 65.4 Å². The number of carbonyl (C=O) groups excluding carboxylic acids is 1. The lowest BCUT2D eigenvalue weighted by molar-refractivity contribution is -0.137. The summed E-state index contributed by atoms with van der Waals surface area (Å²) >= 11 is 2.83. The number of nitrogens with zero attached hydrogens (tertiary/aromatic N) is 1. The van der Waals surface area contributed by atoms with Crippen LogP contribution in [0.5, 0.6) is 0 Å². The molecular weight excluding hydrogens is 345 g/mol. The van der Waals surface area contributed by atoms with Gasteiger partial charge in [0.2, 0.25) is 0 Å². The first kappa shape index (κ1) is 16.7. The monoisotopic (exact) mass is 359 g/mol. The SMILES string of the molecule is O=C(/C=C/c1nc2ccccc2s1)OCCSc1ccccc1F. The fourth-order valence-electron chi connectivity index (χ4n) is 2.00. The van der Waals surface area contributed by atoms with Gasteiger partial charge < -0.3 is 4.74 Å². The van der Waals surface area contributed by atoms with Gasteiger partial charge in [-0.25, -0.2) is 14.2 Å². The highest BCUT2D eigenvalue weighted by molar-refractivity contribution is 7.99. The third kappa shape index (κ3) is 4.43. The minimum absolute atomic E-state index is 0.224. The second-order valence-corrected chi connectivity index (χ2v) is 7.00. The van der Waals surface area contributed by atoms with Crippen LogP contribution < -0.4 is 0 Å². The van der Waals surface area contributed by atoms with Gasteiger partial charge in [-0.2, -0.15) is 0 Å². The molecule has 3 nitrogen and oxygen atoms in total. The maximum atomic E-state index is 13.4. The van der Waals surface area contributed by atoms with Crippen molar-refractivity contribution < 1.29 is 13.9 Å². The van der Waals surface area contributed by atoms with E-state index in [1.54, 1.807) is 24.3 Å². The van der Waals surface area contributed by atoms with Crippen molar-refractivity contribution in [1.82, 2.24) is 4.98 Å². The molecular formula is C18H14FNO2S2. The molecule has 0 saturated carbocycles. The molecule has 122 valence electrons. The number of hydrogen-bond acceptors (Lipinski definition) is 5. The third-order valence-electron chi connectivity index (χ3n) is 3.09. The molecule has 0 radical (unpaired) electrons. The average molecular weight is 359 g/mol. The van der Waals surface area contributed by atoms with Gasteiger partial charge in [-0.15, -0.1) is 23.1 Å². The van der Waals surface area contributed by atoms with Gasteiger partial charge in [0.15, 0.2) is 0 Å². The first-order chi connectivity index (χ1) is 11.7. The standard InChI is InChI=1S/C18H14FNO2S2/c19-13-5-1-3-7-15(13)23-12-11-22-18(21)10-9-17-20-14-6-2-4-8-16(14)24-17/h1-10H,11-12H2/b10-9+. The van der Waals surface area contributed by atoms with Gasteiger partial charge in [0.1, 0.15) is 17.4 Å². The molecule has 1 aromatic heterocycles. The number of esters is 1. The molecule has 1 heterocycles. The van der Waals surface area contributed by atoms with Crippen LogP contribution in [0.2, 0.25) is 0 Å².